The monoisotopic (exact) mass is 179 g/mol. The van der Waals surface area contributed by atoms with Crippen LogP contribution in [0.3, 0.4) is 0 Å². The molecule has 2 aliphatic carbocycles. The molecule has 2 atom stereocenters. The van der Waals surface area contributed by atoms with Gasteiger partial charge in [0.2, 0.25) is 6.08 Å². The summed E-state index contributed by atoms with van der Waals surface area (Å²) in [5, 5.41) is 0. The fourth-order valence-electron chi connectivity index (χ4n) is 3.08. The van der Waals surface area contributed by atoms with Crippen molar-refractivity contribution in [2.45, 2.75) is 51.0 Å². The predicted molar refractivity (Wildman–Crippen MR) is 51.2 cm³/mol. The van der Waals surface area contributed by atoms with Gasteiger partial charge >= 0.3 is 0 Å². The zero-order chi connectivity index (χ0) is 9.10. The number of fused-ring (bicyclic) bond motifs is 2. The third kappa shape index (κ3) is 1.83. The van der Waals surface area contributed by atoms with E-state index in [0.717, 1.165) is 0 Å². The minimum absolute atomic E-state index is 0.328. The van der Waals surface area contributed by atoms with E-state index in [4.69, 9.17) is 0 Å². The van der Waals surface area contributed by atoms with E-state index in [1.165, 1.54) is 44.9 Å². The van der Waals surface area contributed by atoms with Crippen molar-refractivity contribution >= 4 is 6.08 Å². The number of aliphatic imine (C=N–C) groups is 1. The highest BCUT2D eigenvalue weighted by Gasteiger charge is 2.34. The van der Waals surface area contributed by atoms with Crippen LogP contribution in [0.2, 0.25) is 0 Å². The van der Waals surface area contributed by atoms with Crippen LogP contribution in [0.1, 0.15) is 44.9 Å². The first-order valence-electron chi connectivity index (χ1n) is 5.49. The second kappa shape index (κ2) is 4.06. The molecule has 0 amide bonds. The molecular formula is C11H17NO. The maximum atomic E-state index is 10.3. The van der Waals surface area contributed by atoms with Gasteiger partial charge in [-0.25, -0.2) is 9.79 Å². The summed E-state index contributed by atoms with van der Waals surface area (Å²) in [6.45, 7) is 0. The molecule has 0 saturated heterocycles. The molecule has 2 nitrogen and oxygen atoms in total. The van der Waals surface area contributed by atoms with Gasteiger partial charge in [0.15, 0.2) is 0 Å². The average molecular weight is 179 g/mol. The maximum Gasteiger partial charge on any atom is 0.235 e. The van der Waals surface area contributed by atoms with Gasteiger partial charge in [-0.1, -0.05) is 19.3 Å². The molecule has 2 bridgehead atoms. The lowest BCUT2D eigenvalue weighted by Gasteiger charge is -2.32. The molecule has 72 valence electrons. The van der Waals surface area contributed by atoms with Gasteiger partial charge in [-0.2, -0.15) is 0 Å². The Morgan fingerprint density at radius 1 is 0.923 bits per heavy atom. The van der Waals surface area contributed by atoms with Crippen molar-refractivity contribution in [2.24, 2.45) is 16.8 Å². The largest absolute Gasteiger partial charge is 0.235 e. The molecule has 2 unspecified atom stereocenters. The molecule has 2 heteroatoms. The van der Waals surface area contributed by atoms with E-state index in [1.54, 1.807) is 6.08 Å². The topological polar surface area (TPSA) is 29.4 Å². The number of nitrogens with zero attached hydrogens (tertiary/aromatic N) is 1. The van der Waals surface area contributed by atoms with Crippen LogP contribution in [-0.4, -0.2) is 12.1 Å². The quantitative estimate of drug-likeness (QED) is 0.449. The van der Waals surface area contributed by atoms with Crippen LogP contribution in [-0.2, 0) is 4.79 Å². The molecule has 0 heterocycles. The zero-order valence-corrected chi connectivity index (χ0v) is 8.04. The molecule has 2 aliphatic rings. The molecule has 0 N–H and O–H groups in total. The van der Waals surface area contributed by atoms with Crippen molar-refractivity contribution < 1.29 is 4.79 Å². The lowest BCUT2D eigenvalue weighted by atomic mass is 9.76. The van der Waals surface area contributed by atoms with E-state index in [0.29, 0.717) is 17.9 Å². The Hall–Kier alpha value is -0.620. The smallest absolute Gasteiger partial charge is 0.211 e. The molecule has 2 rings (SSSR count). The van der Waals surface area contributed by atoms with Crippen molar-refractivity contribution in [3.63, 3.8) is 0 Å². The molecule has 2 saturated carbocycles. The summed E-state index contributed by atoms with van der Waals surface area (Å²) >= 11 is 0. The van der Waals surface area contributed by atoms with E-state index in [-0.39, 0.29) is 0 Å². The highest BCUT2D eigenvalue weighted by molar-refractivity contribution is 5.34. The van der Waals surface area contributed by atoms with Crippen LogP contribution >= 0.6 is 0 Å². The first-order chi connectivity index (χ1) is 6.42. The number of isocyanates is 1. The summed E-state index contributed by atoms with van der Waals surface area (Å²) in [5.41, 5.74) is 0. The number of carbonyl (C=O) groups excluding carboxylic acids is 1. The van der Waals surface area contributed by atoms with Crippen molar-refractivity contribution in [1.29, 1.82) is 0 Å². The van der Waals surface area contributed by atoms with Crippen molar-refractivity contribution in [3.05, 3.63) is 0 Å². The van der Waals surface area contributed by atoms with Gasteiger partial charge < -0.3 is 0 Å². The first kappa shape index (κ1) is 8.96. The van der Waals surface area contributed by atoms with E-state index < -0.39 is 0 Å². The Kier molecular flexibility index (Phi) is 2.80. The summed E-state index contributed by atoms with van der Waals surface area (Å²) < 4.78 is 0. The Labute approximate surface area is 79.4 Å². The molecule has 0 aliphatic heterocycles. The first-order valence-corrected chi connectivity index (χ1v) is 5.49. The van der Waals surface area contributed by atoms with E-state index in [2.05, 4.69) is 4.99 Å². The van der Waals surface area contributed by atoms with Gasteiger partial charge in [0, 0.05) is 0 Å². The third-order valence-electron chi connectivity index (χ3n) is 3.72. The second-order valence-corrected chi connectivity index (χ2v) is 4.45. The molecule has 13 heavy (non-hydrogen) atoms. The Morgan fingerprint density at radius 2 is 1.46 bits per heavy atom. The van der Waals surface area contributed by atoms with Gasteiger partial charge in [-0.05, 0) is 37.5 Å². The molecular weight excluding hydrogens is 162 g/mol. The fourth-order valence-corrected chi connectivity index (χ4v) is 3.08. The highest BCUT2D eigenvalue weighted by Crippen LogP contribution is 2.40. The molecule has 0 radical (unpaired) electrons. The summed E-state index contributed by atoms with van der Waals surface area (Å²) in [5.74, 6) is 1.39. The summed E-state index contributed by atoms with van der Waals surface area (Å²) in [7, 11) is 0. The van der Waals surface area contributed by atoms with Crippen molar-refractivity contribution in [1.82, 2.24) is 0 Å². The van der Waals surface area contributed by atoms with Gasteiger partial charge in [-0.3, -0.25) is 0 Å². The summed E-state index contributed by atoms with van der Waals surface area (Å²) in [6.07, 6.45) is 10.9. The number of rotatable bonds is 1. The lowest BCUT2D eigenvalue weighted by molar-refractivity contribution is 0.226. The van der Waals surface area contributed by atoms with Crippen LogP contribution in [0.5, 0.6) is 0 Å². The highest BCUT2D eigenvalue weighted by atomic mass is 16.1. The third-order valence-corrected chi connectivity index (χ3v) is 3.72. The van der Waals surface area contributed by atoms with Gasteiger partial charge in [-0.15, -0.1) is 0 Å². The maximum absolute atomic E-state index is 10.3. The van der Waals surface area contributed by atoms with Gasteiger partial charge in [0.05, 0.1) is 6.04 Å². The normalized spacial score (nSPS) is 38.9. The minimum Gasteiger partial charge on any atom is -0.211 e. The SMILES string of the molecule is O=C=NC1C2CCCCC1CCC2. The van der Waals surface area contributed by atoms with E-state index in [9.17, 15) is 4.79 Å². The number of hydrogen-bond donors (Lipinski definition) is 0. The van der Waals surface area contributed by atoms with Crippen LogP contribution in [0, 0.1) is 11.8 Å². The Balaban J connectivity index is 2.15. The number of hydrogen-bond acceptors (Lipinski definition) is 2. The Morgan fingerprint density at radius 3 is 2.00 bits per heavy atom. The van der Waals surface area contributed by atoms with Crippen LogP contribution in [0.25, 0.3) is 0 Å². The zero-order valence-electron chi connectivity index (χ0n) is 8.04. The standard InChI is InChI=1S/C11H17NO/c13-8-12-11-9-4-1-2-5-10(11)7-3-6-9/h9-11H,1-7H2. The second-order valence-electron chi connectivity index (χ2n) is 4.45. The van der Waals surface area contributed by atoms with Crippen LogP contribution in [0.15, 0.2) is 4.99 Å². The molecule has 0 aromatic heterocycles. The fraction of sp³-hybridized carbons (Fsp3) is 0.909. The van der Waals surface area contributed by atoms with Crippen molar-refractivity contribution in [2.75, 3.05) is 0 Å². The summed E-state index contributed by atoms with van der Waals surface area (Å²) in [6, 6.07) is 0.328. The van der Waals surface area contributed by atoms with E-state index >= 15 is 0 Å². The Bertz CT molecular complexity index is 206. The minimum atomic E-state index is 0.328. The van der Waals surface area contributed by atoms with Gasteiger partial charge in [0.25, 0.3) is 0 Å². The van der Waals surface area contributed by atoms with Crippen molar-refractivity contribution in [3.8, 4) is 0 Å². The molecule has 0 aromatic carbocycles. The molecule has 0 aromatic rings. The average Bonchev–Trinajstić information content (AvgIpc) is 2.28. The van der Waals surface area contributed by atoms with Crippen LogP contribution in [0.4, 0.5) is 0 Å². The molecule has 2 fully saturated rings. The van der Waals surface area contributed by atoms with Crippen LogP contribution < -0.4 is 0 Å². The lowest BCUT2D eigenvalue weighted by Crippen LogP contribution is -2.30. The van der Waals surface area contributed by atoms with Gasteiger partial charge in [0.1, 0.15) is 0 Å². The summed E-state index contributed by atoms with van der Waals surface area (Å²) in [4.78, 5) is 14.3. The predicted octanol–water partition coefficient (Wildman–Crippen LogP) is 2.68. The molecule has 0 spiro atoms. The van der Waals surface area contributed by atoms with E-state index in [1.807, 2.05) is 0 Å².